The maximum Gasteiger partial charge on any atom is 0.250 e. The molecule has 146 valence electrons. The van der Waals surface area contributed by atoms with E-state index in [1.165, 1.54) is 16.2 Å². The van der Waals surface area contributed by atoms with Crippen molar-refractivity contribution in [3.05, 3.63) is 90.8 Å². The van der Waals surface area contributed by atoms with Crippen molar-refractivity contribution in [2.24, 2.45) is 12.2 Å². The summed E-state index contributed by atoms with van der Waals surface area (Å²) in [6, 6.07) is 11.4. The van der Waals surface area contributed by atoms with Crippen molar-refractivity contribution < 1.29 is 5.21 Å². The van der Waals surface area contributed by atoms with Gasteiger partial charge in [0, 0.05) is 46.7 Å². The maximum absolute atomic E-state index is 11.7. The highest BCUT2D eigenvalue weighted by molar-refractivity contribution is 9.10. The number of nitrogens with zero attached hydrogens (tertiary/aromatic N) is 2. The van der Waals surface area contributed by atoms with Gasteiger partial charge in [0.05, 0.1) is 5.71 Å². The summed E-state index contributed by atoms with van der Waals surface area (Å²) in [5.41, 5.74) is 4.77. The van der Waals surface area contributed by atoms with Crippen molar-refractivity contribution in [3.63, 3.8) is 0 Å². The number of oxime groups is 1. The first-order valence-corrected chi connectivity index (χ1v) is 10.3. The molecular formula is C22H22BrClN2O2. The highest BCUT2D eigenvalue weighted by Gasteiger charge is 2.24. The number of hydrogen-bond donors (Lipinski definition) is 1. The molecule has 28 heavy (non-hydrogen) atoms. The molecular weight excluding hydrogens is 440 g/mol. The molecule has 1 aromatic carbocycles. The molecule has 0 amide bonds. The van der Waals surface area contributed by atoms with E-state index in [1.807, 2.05) is 18.2 Å². The summed E-state index contributed by atoms with van der Waals surface area (Å²) in [5.74, 6) is 0.0530. The van der Waals surface area contributed by atoms with Crippen LogP contribution in [0.2, 0.25) is 0 Å². The number of hydrogen-bond acceptors (Lipinski definition) is 3. The van der Waals surface area contributed by atoms with Gasteiger partial charge in [-0.1, -0.05) is 56.0 Å². The molecule has 1 aromatic heterocycles. The van der Waals surface area contributed by atoms with Crippen LogP contribution in [0.3, 0.4) is 0 Å². The summed E-state index contributed by atoms with van der Waals surface area (Å²) in [4.78, 5) is 11.7. The lowest BCUT2D eigenvalue weighted by Gasteiger charge is -2.26. The molecule has 1 atom stereocenters. The molecule has 1 N–H and O–H groups in total. The van der Waals surface area contributed by atoms with Gasteiger partial charge < -0.3 is 9.77 Å². The quantitative estimate of drug-likeness (QED) is 0.351. The predicted molar refractivity (Wildman–Crippen MR) is 117 cm³/mol. The Balaban J connectivity index is 2.03. The molecule has 1 aliphatic rings. The van der Waals surface area contributed by atoms with Crippen molar-refractivity contribution in [2.75, 3.05) is 0 Å². The van der Waals surface area contributed by atoms with Gasteiger partial charge >= 0.3 is 0 Å². The number of benzene rings is 1. The van der Waals surface area contributed by atoms with Crippen LogP contribution in [-0.4, -0.2) is 15.5 Å². The molecule has 0 spiro atoms. The van der Waals surface area contributed by atoms with Crippen LogP contribution in [0.5, 0.6) is 0 Å². The summed E-state index contributed by atoms with van der Waals surface area (Å²) in [6.07, 6.45) is 5.93. The van der Waals surface area contributed by atoms with Gasteiger partial charge in [0.25, 0.3) is 0 Å². The van der Waals surface area contributed by atoms with E-state index in [-0.39, 0.29) is 11.5 Å². The average Bonchev–Trinajstić information content (AvgIpc) is 2.67. The van der Waals surface area contributed by atoms with E-state index in [9.17, 15) is 10.0 Å². The molecule has 1 heterocycles. The Morgan fingerprint density at radius 1 is 1.25 bits per heavy atom. The summed E-state index contributed by atoms with van der Waals surface area (Å²) in [5, 5.41) is 14.2. The second-order valence-electron chi connectivity index (χ2n) is 7.02. The maximum atomic E-state index is 11.7. The van der Waals surface area contributed by atoms with Crippen LogP contribution in [0.4, 0.5) is 0 Å². The average molecular weight is 462 g/mol. The lowest BCUT2D eigenvalue weighted by molar-refractivity contribution is 0.317. The van der Waals surface area contributed by atoms with Crippen molar-refractivity contribution in [3.8, 4) is 0 Å². The van der Waals surface area contributed by atoms with Gasteiger partial charge in [-0.15, -0.1) is 0 Å². The topological polar surface area (TPSA) is 54.6 Å². The molecule has 0 aliphatic heterocycles. The van der Waals surface area contributed by atoms with E-state index in [0.717, 1.165) is 39.0 Å². The molecule has 0 fully saturated rings. The summed E-state index contributed by atoms with van der Waals surface area (Å²) in [6.45, 7) is 2.07. The van der Waals surface area contributed by atoms with Crippen LogP contribution in [0.1, 0.15) is 43.2 Å². The predicted octanol–water partition coefficient (Wildman–Crippen LogP) is 5.73. The Morgan fingerprint density at radius 2 is 1.96 bits per heavy atom. The monoisotopic (exact) mass is 460 g/mol. The fourth-order valence-electron chi connectivity index (χ4n) is 3.61. The number of aromatic nitrogens is 1. The van der Waals surface area contributed by atoms with Gasteiger partial charge in [0.2, 0.25) is 5.56 Å². The largest absolute Gasteiger partial charge is 0.411 e. The number of rotatable bonds is 5. The molecule has 0 unspecified atom stereocenters. The van der Waals surface area contributed by atoms with E-state index >= 15 is 0 Å². The first-order chi connectivity index (χ1) is 13.4. The Bertz CT molecular complexity index is 1020. The lowest BCUT2D eigenvalue weighted by atomic mass is 9.79. The van der Waals surface area contributed by atoms with Crippen LogP contribution >= 0.6 is 27.5 Å². The summed E-state index contributed by atoms with van der Waals surface area (Å²) in [7, 11) is 1.69. The zero-order chi connectivity index (χ0) is 20.3. The first kappa shape index (κ1) is 20.6. The number of halogens is 2. The summed E-state index contributed by atoms with van der Waals surface area (Å²) >= 11 is 9.73. The molecule has 6 heteroatoms. The van der Waals surface area contributed by atoms with E-state index in [4.69, 9.17) is 11.6 Å². The third kappa shape index (κ3) is 4.65. The zero-order valence-electron chi connectivity index (χ0n) is 15.8. The van der Waals surface area contributed by atoms with Gasteiger partial charge in [-0.3, -0.25) is 4.79 Å². The standard InChI is InChI=1S/C22H22BrClN2O2/c1-14-11-18(24)8-9-19(14)20(15-3-6-17(23)7-4-15)12-21(25-28)16-5-10-22(27)26(2)13-16/h3-7,10-11,13,20,28H,8-9,12H2,1-2H3/b25-21+/t20-/m0/s1. The molecule has 3 rings (SSSR count). The van der Waals surface area contributed by atoms with Crippen LogP contribution in [0, 0.1) is 0 Å². The Morgan fingerprint density at radius 3 is 2.57 bits per heavy atom. The fraction of sp³-hybridized carbons (Fsp3) is 0.273. The third-order valence-electron chi connectivity index (χ3n) is 5.14. The highest BCUT2D eigenvalue weighted by Crippen LogP contribution is 2.39. The van der Waals surface area contributed by atoms with Crippen LogP contribution in [0.25, 0.3) is 0 Å². The molecule has 0 saturated heterocycles. The molecule has 1 aliphatic carbocycles. The van der Waals surface area contributed by atoms with E-state index < -0.39 is 0 Å². The number of aryl methyl sites for hydroxylation is 1. The number of allylic oxidation sites excluding steroid dienone is 4. The van der Waals surface area contributed by atoms with E-state index in [1.54, 1.807) is 19.3 Å². The summed E-state index contributed by atoms with van der Waals surface area (Å²) < 4.78 is 2.50. The van der Waals surface area contributed by atoms with Gasteiger partial charge in [-0.05, 0) is 49.6 Å². The molecule has 0 saturated carbocycles. The van der Waals surface area contributed by atoms with E-state index in [0.29, 0.717) is 12.1 Å². The molecule has 4 nitrogen and oxygen atoms in total. The number of pyridine rings is 1. The highest BCUT2D eigenvalue weighted by atomic mass is 79.9. The van der Waals surface area contributed by atoms with Gasteiger partial charge in [-0.25, -0.2) is 0 Å². The molecule has 0 bridgehead atoms. The molecule has 0 radical (unpaired) electrons. The Labute approximate surface area is 178 Å². The first-order valence-electron chi connectivity index (χ1n) is 9.08. The second kappa shape index (κ2) is 8.93. The molecule has 2 aromatic rings. The lowest BCUT2D eigenvalue weighted by Crippen LogP contribution is -2.19. The fourth-order valence-corrected chi connectivity index (χ4v) is 4.13. The minimum Gasteiger partial charge on any atom is -0.411 e. The zero-order valence-corrected chi connectivity index (χ0v) is 18.2. The SMILES string of the molecule is CC1=C([C@@H](C/C(=N\O)c2ccc(=O)n(C)c2)c2ccc(Br)cc2)CCC(Cl)=C1. The van der Waals surface area contributed by atoms with Crippen molar-refractivity contribution in [1.82, 2.24) is 4.57 Å². The van der Waals surface area contributed by atoms with Crippen molar-refractivity contribution in [1.29, 1.82) is 0 Å². The minimum absolute atomic E-state index is 0.0530. The smallest absolute Gasteiger partial charge is 0.250 e. The van der Waals surface area contributed by atoms with Crippen LogP contribution < -0.4 is 5.56 Å². The van der Waals surface area contributed by atoms with Crippen LogP contribution in [0.15, 0.2) is 79.3 Å². The van der Waals surface area contributed by atoms with Gasteiger partial charge in [-0.2, -0.15) is 0 Å². The van der Waals surface area contributed by atoms with Crippen molar-refractivity contribution >= 4 is 33.2 Å². The Hall–Kier alpha value is -2.11. The van der Waals surface area contributed by atoms with Gasteiger partial charge in [0.15, 0.2) is 0 Å². The third-order valence-corrected chi connectivity index (χ3v) is 5.97. The normalized spacial score (nSPS) is 16.1. The minimum atomic E-state index is -0.101. The Kier molecular flexibility index (Phi) is 6.57. The van der Waals surface area contributed by atoms with E-state index in [2.05, 4.69) is 40.1 Å². The van der Waals surface area contributed by atoms with Crippen molar-refractivity contribution in [2.45, 2.75) is 32.1 Å². The van der Waals surface area contributed by atoms with Crippen LogP contribution in [-0.2, 0) is 7.05 Å². The second-order valence-corrected chi connectivity index (χ2v) is 8.42. The van der Waals surface area contributed by atoms with Gasteiger partial charge in [0.1, 0.15) is 0 Å².